The molecule has 4 aliphatic rings. The second-order valence-corrected chi connectivity index (χ2v) is 26.2. The molecule has 2 heterocycles. The number of rotatable bonds is 8. The number of hydrogen-bond donors (Lipinski definition) is 4. The summed E-state index contributed by atoms with van der Waals surface area (Å²) in [5, 5.41) is 11.3. The monoisotopic (exact) mass is 1320 g/mol. The first kappa shape index (κ1) is 73.0. The normalized spacial score (nSPS) is 26.7. The lowest BCUT2D eigenvalue weighted by Crippen LogP contribution is -2.64. The van der Waals surface area contributed by atoms with Gasteiger partial charge in [0.2, 0.25) is 65.0 Å². The van der Waals surface area contributed by atoms with E-state index in [1.165, 1.54) is 76.9 Å². The van der Waals surface area contributed by atoms with E-state index in [2.05, 4.69) is 21.3 Å². The van der Waals surface area contributed by atoms with Crippen LogP contribution in [0.4, 0.5) is 13.2 Å². The third kappa shape index (κ3) is 18.0. The summed E-state index contributed by atoms with van der Waals surface area (Å²) >= 11 is 12.3. The first-order chi connectivity index (χ1) is 42.7. The Balaban J connectivity index is 1.38. The van der Waals surface area contributed by atoms with Crippen molar-refractivity contribution in [3.05, 3.63) is 69.2 Å². The minimum atomic E-state index is -4.76. The Kier molecular flexibility index (Phi) is 25.3. The van der Waals surface area contributed by atoms with Gasteiger partial charge in [-0.2, -0.15) is 13.2 Å². The van der Waals surface area contributed by atoms with Crippen molar-refractivity contribution >= 4 is 88.2 Å². The van der Waals surface area contributed by atoms with E-state index in [0.717, 1.165) is 44.6 Å². The molecule has 2 aromatic carbocycles. The van der Waals surface area contributed by atoms with Crippen molar-refractivity contribution in [1.29, 1.82) is 0 Å². The zero-order valence-corrected chi connectivity index (χ0v) is 55.6. The van der Waals surface area contributed by atoms with E-state index in [-0.39, 0.29) is 63.0 Å². The van der Waals surface area contributed by atoms with Crippen LogP contribution in [0, 0.1) is 11.8 Å². The van der Waals surface area contributed by atoms with Gasteiger partial charge in [-0.25, -0.2) is 0 Å². The van der Waals surface area contributed by atoms with E-state index < -0.39 is 155 Å². The molecule has 91 heavy (non-hydrogen) atoms. The molecule has 0 aromatic heterocycles. The van der Waals surface area contributed by atoms with E-state index in [9.17, 15) is 56.3 Å². The van der Waals surface area contributed by atoms with Crippen molar-refractivity contribution in [2.45, 2.75) is 191 Å². The van der Waals surface area contributed by atoms with Crippen LogP contribution in [0.2, 0.25) is 10.0 Å². The molecule has 502 valence electrons. The fraction of sp³-hybridized carbons (Fsp3) is 0.641. The Bertz CT molecular complexity index is 3020. The quantitative estimate of drug-likeness (QED) is 0.274. The van der Waals surface area contributed by atoms with Gasteiger partial charge in [-0.3, -0.25) is 52.7 Å². The highest BCUT2D eigenvalue weighted by atomic mass is 35.5. The van der Waals surface area contributed by atoms with Crippen molar-refractivity contribution in [2.75, 3.05) is 61.9 Å². The van der Waals surface area contributed by atoms with Crippen LogP contribution in [0.3, 0.4) is 0 Å². The number of nitrogens with one attached hydrogen (secondary N) is 4. The van der Waals surface area contributed by atoms with Crippen molar-refractivity contribution in [3.8, 4) is 0 Å². The third-order valence-corrected chi connectivity index (χ3v) is 19.5. The molecule has 27 heteroatoms. The van der Waals surface area contributed by atoms with Crippen LogP contribution >= 0.6 is 23.2 Å². The van der Waals surface area contributed by atoms with E-state index in [4.69, 9.17) is 23.2 Å². The number of hydrogen-bond acceptors (Lipinski definition) is 11. The minimum absolute atomic E-state index is 0.0394. The van der Waals surface area contributed by atoms with Crippen molar-refractivity contribution in [2.24, 2.45) is 11.8 Å². The Morgan fingerprint density at radius 2 is 1.22 bits per heavy atom. The molecule has 1 spiro atoms. The first-order valence-electron chi connectivity index (χ1n) is 31.4. The van der Waals surface area contributed by atoms with Crippen molar-refractivity contribution in [1.82, 2.24) is 55.6 Å². The van der Waals surface area contributed by atoms with Gasteiger partial charge in [-0.15, -0.1) is 0 Å². The zero-order chi connectivity index (χ0) is 67.6. The van der Waals surface area contributed by atoms with Crippen LogP contribution < -0.4 is 21.3 Å². The molecular weight excluding hydrogens is 1230 g/mol. The molecule has 6 rings (SSSR count). The fourth-order valence-electron chi connectivity index (χ4n) is 12.6. The number of carbonyl (C=O) groups excluding carboxylic acids is 11. The summed E-state index contributed by atoms with van der Waals surface area (Å²) in [4.78, 5) is 168. The Labute approximate surface area is 541 Å². The standard InChI is InChI=1S/C64H90Cl2F3N11O11/c1-12-37(2)53-61(90)75(7)35-51(82)74(6)36-52(83)78(10)49(34-42-21-25-44(65)26-22-42)60(89)77(9)40(5)55(84)71-47(28-24-41-23-27-45(46(66)33-41)64(67,68)69)59(88)80-31-17-20-48(80)57(86)73-63(29-15-16-30-63)62(91)79(11)54(43-18-13-14-19-43)58(87)70-38(3)32-50(81)76(8)39(4)56(85)72-53/h21-23,25-27,33,37-40,43,47-49,53-54H,12-20,24,28-32,34-36H2,1-11H3,(H,70,87)(H,71,84)(H,72,85)(H,73,86)/t37-,38+,39-,40+,47-,48-,49-,53-,54-/m0/s1. The highest BCUT2D eigenvalue weighted by molar-refractivity contribution is 6.31. The van der Waals surface area contributed by atoms with Crippen LogP contribution in [-0.2, 0) is 71.8 Å². The van der Waals surface area contributed by atoms with Crippen molar-refractivity contribution in [3.63, 3.8) is 0 Å². The largest absolute Gasteiger partial charge is 0.417 e. The molecule has 4 fully saturated rings. The highest BCUT2D eigenvalue weighted by Gasteiger charge is 2.50. The number of halogens is 5. The molecule has 0 unspecified atom stereocenters. The molecule has 2 aromatic rings. The number of fused-ring (bicyclic) bond motifs is 1. The van der Waals surface area contributed by atoms with Crippen LogP contribution in [0.5, 0.6) is 0 Å². The molecule has 0 bridgehead atoms. The fourth-order valence-corrected chi connectivity index (χ4v) is 13.1. The third-order valence-electron chi connectivity index (χ3n) is 18.9. The second kappa shape index (κ2) is 31.5. The van der Waals surface area contributed by atoms with Crippen molar-refractivity contribution < 1.29 is 65.9 Å². The number of carbonyl (C=O) groups is 11. The van der Waals surface area contributed by atoms with E-state index in [1.807, 2.05) is 6.92 Å². The molecule has 2 aliphatic carbocycles. The summed E-state index contributed by atoms with van der Waals surface area (Å²) in [6.45, 7) is 7.00. The number of benzene rings is 2. The van der Waals surface area contributed by atoms with E-state index >= 15 is 9.59 Å². The molecule has 2 saturated carbocycles. The maximum atomic E-state index is 15.2. The summed E-state index contributed by atoms with van der Waals surface area (Å²) in [6.07, 6.45) is -0.134. The smallest absolute Gasteiger partial charge is 0.351 e. The number of amides is 11. The molecule has 22 nitrogen and oxygen atoms in total. The Morgan fingerprint density at radius 1 is 0.626 bits per heavy atom. The molecule has 11 amide bonds. The summed E-state index contributed by atoms with van der Waals surface area (Å²) < 4.78 is 41.4. The van der Waals surface area contributed by atoms with Gasteiger partial charge in [-0.1, -0.05) is 87.4 Å². The predicted octanol–water partition coefficient (Wildman–Crippen LogP) is 4.99. The first-order valence-corrected chi connectivity index (χ1v) is 32.1. The maximum Gasteiger partial charge on any atom is 0.417 e. The lowest BCUT2D eigenvalue weighted by molar-refractivity contribution is -0.150. The molecule has 4 N–H and O–H groups in total. The summed E-state index contributed by atoms with van der Waals surface area (Å²) in [5.41, 5.74) is -1.72. The summed E-state index contributed by atoms with van der Waals surface area (Å²) in [7, 11) is 8.33. The van der Waals surface area contributed by atoms with Gasteiger partial charge in [0.25, 0.3) is 0 Å². The predicted molar refractivity (Wildman–Crippen MR) is 334 cm³/mol. The van der Waals surface area contributed by atoms with E-state index in [0.29, 0.717) is 49.1 Å². The van der Waals surface area contributed by atoms with Gasteiger partial charge in [0.1, 0.15) is 47.8 Å². The topological polar surface area (TPSA) is 259 Å². The van der Waals surface area contributed by atoms with Gasteiger partial charge in [0.15, 0.2) is 0 Å². The summed E-state index contributed by atoms with van der Waals surface area (Å²) in [5.74, 6) is -7.92. The molecule has 0 radical (unpaired) electrons. The minimum Gasteiger partial charge on any atom is -0.351 e. The lowest BCUT2D eigenvalue weighted by atomic mass is 9.90. The molecule has 2 aliphatic heterocycles. The van der Waals surface area contributed by atoms with Gasteiger partial charge < -0.3 is 55.6 Å². The lowest BCUT2D eigenvalue weighted by Gasteiger charge is -2.40. The van der Waals surface area contributed by atoms with Gasteiger partial charge >= 0.3 is 6.18 Å². The highest BCUT2D eigenvalue weighted by Crippen LogP contribution is 2.38. The average Bonchev–Trinajstić information content (AvgIpc) is 1.80. The SMILES string of the molecule is CC[C@H](C)[C@@H]1NC(=O)[C@H](C)N(C)C(=O)C[C@@H](C)NC(=O)[C@H](C2CCCC2)N(C)C(=O)C2(CCCC2)NC(=O)[C@@H]2CCCN2C(=O)[C@H](CCc2ccc(C(F)(F)F)c(Cl)c2)NC(=O)[C@@H](C)N(C)C(=O)[C@H](Cc2ccc(Cl)cc2)N(C)C(=O)CN(C)C(=O)CN(C)C1=O. The number of alkyl halides is 3. The number of likely N-dealkylation sites (N-methyl/N-ethyl adjacent to an activating group) is 6. The van der Waals surface area contributed by atoms with E-state index in [1.54, 1.807) is 38.1 Å². The van der Waals surface area contributed by atoms with Gasteiger partial charge in [0.05, 0.1) is 23.7 Å². The Hall–Kier alpha value is -7.02. The second-order valence-electron chi connectivity index (χ2n) is 25.4. The Morgan fingerprint density at radius 3 is 1.82 bits per heavy atom. The van der Waals surface area contributed by atoms with Gasteiger partial charge in [-0.05, 0) is 119 Å². The van der Waals surface area contributed by atoms with Crippen LogP contribution in [0.15, 0.2) is 42.5 Å². The molecule has 9 atom stereocenters. The van der Waals surface area contributed by atoms with Crippen LogP contribution in [0.25, 0.3) is 0 Å². The maximum absolute atomic E-state index is 15.2. The zero-order valence-electron chi connectivity index (χ0n) is 54.1. The molecular formula is C64H90Cl2F3N11O11. The van der Waals surface area contributed by atoms with Crippen LogP contribution in [0.1, 0.15) is 135 Å². The number of aryl methyl sites for hydroxylation is 1. The summed E-state index contributed by atoms with van der Waals surface area (Å²) in [6, 6.07) is 0.236. The molecule has 2 saturated heterocycles. The van der Waals surface area contributed by atoms with Gasteiger partial charge in [0, 0.05) is 72.7 Å². The number of nitrogens with zero attached hydrogens (tertiary/aromatic N) is 7. The van der Waals surface area contributed by atoms with Crippen LogP contribution in [-0.4, -0.2) is 215 Å². The average molecular weight is 1320 g/mol.